The zero-order valence-corrected chi connectivity index (χ0v) is 17.3. The Morgan fingerprint density at radius 3 is 2.41 bits per heavy atom. The van der Waals surface area contributed by atoms with Crippen LogP contribution in [0.5, 0.6) is 0 Å². The minimum absolute atomic E-state index is 0.0355. The highest BCUT2D eigenvalue weighted by Crippen LogP contribution is 2.26. The van der Waals surface area contributed by atoms with Crippen LogP contribution in [0.1, 0.15) is 44.2 Å². The SMILES string of the molecule is CC(C)Cc1nnc(NC(=O)CN(C)C(=O)C(c2ccncc2)C(C)C)s1. The van der Waals surface area contributed by atoms with Gasteiger partial charge in [0, 0.05) is 25.9 Å². The number of nitrogens with one attached hydrogen (secondary N) is 1. The van der Waals surface area contributed by atoms with Crippen LogP contribution in [0.15, 0.2) is 24.5 Å². The zero-order chi connectivity index (χ0) is 20.0. The van der Waals surface area contributed by atoms with Gasteiger partial charge in [0.2, 0.25) is 16.9 Å². The van der Waals surface area contributed by atoms with Crippen molar-refractivity contribution >= 4 is 28.3 Å². The Labute approximate surface area is 164 Å². The van der Waals surface area contributed by atoms with Crippen LogP contribution in [0.2, 0.25) is 0 Å². The molecule has 8 heteroatoms. The van der Waals surface area contributed by atoms with E-state index in [0.717, 1.165) is 17.0 Å². The summed E-state index contributed by atoms with van der Waals surface area (Å²) in [5, 5.41) is 12.2. The summed E-state index contributed by atoms with van der Waals surface area (Å²) in [5.74, 6) is -0.108. The molecule has 0 fully saturated rings. The molecule has 146 valence electrons. The fourth-order valence-electron chi connectivity index (χ4n) is 2.81. The van der Waals surface area contributed by atoms with Crippen molar-refractivity contribution in [1.82, 2.24) is 20.1 Å². The van der Waals surface area contributed by atoms with E-state index in [2.05, 4.69) is 34.3 Å². The first-order valence-corrected chi connectivity index (χ1v) is 9.86. The molecule has 0 aliphatic rings. The number of carbonyl (C=O) groups excluding carboxylic acids is 2. The first-order valence-electron chi connectivity index (χ1n) is 9.05. The highest BCUT2D eigenvalue weighted by molar-refractivity contribution is 7.15. The third-order valence-corrected chi connectivity index (χ3v) is 4.91. The number of nitrogens with zero attached hydrogens (tertiary/aromatic N) is 4. The number of hydrogen-bond acceptors (Lipinski definition) is 6. The van der Waals surface area contributed by atoms with Gasteiger partial charge in [-0.3, -0.25) is 19.9 Å². The van der Waals surface area contributed by atoms with E-state index in [9.17, 15) is 9.59 Å². The fourth-order valence-corrected chi connectivity index (χ4v) is 3.78. The summed E-state index contributed by atoms with van der Waals surface area (Å²) in [4.78, 5) is 30.7. The van der Waals surface area contributed by atoms with Crippen LogP contribution in [0, 0.1) is 11.8 Å². The number of aromatic nitrogens is 3. The van der Waals surface area contributed by atoms with Crippen molar-refractivity contribution in [3.8, 4) is 0 Å². The minimum Gasteiger partial charge on any atom is -0.336 e. The van der Waals surface area contributed by atoms with Gasteiger partial charge in [-0.25, -0.2) is 0 Å². The van der Waals surface area contributed by atoms with Crippen LogP contribution in [0.3, 0.4) is 0 Å². The van der Waals surface area contributed by atoms with E-state index in [4.69, 9.17) is 0 Å². The summed E-state index contributed by atoms with van der Waals surface area (Å²) in [6.07, 6.45) is 4.18. The molecule has 2 heterocycles. The quantitative estimate of drug-likeness (QED) is 0.750. The first kappa shape index (κ1) is 21.0. The standard InChI is InChI=1S/C19H27N5O2S/c1-12(2)10-16-22-23-19(27-16)21-15(25)11-24(5)18(26)17(13(3)4)14-6-8-20-9-7-14/h6-9,12-13,17H,10-11H2,1-5H3,(H,21,23,25). The molecule has 1 unspecified atom stereocenters. The van der Waals surface area contributed by atoms with Gasteiger partial charge in [0.05, 0.1) is 12.5 Å². The molecule has 2 amide bonds. The van der Waals surface area contributed by atoms with Gasteiger partial charge in [0.1, 0.15) is 5.01 Å². The maximum Gasteiger partial charge on any atom is 0.245 e. The molecule has 2 rings (SSSR count). The van der Waals surface area contributed by atoms with E-state index < -0.39 is 0 Å². The monoisotopic (exact) mass is 389 g/mol. The van der Waals surface area contributed by atoms with E-state index in [1.807, 2.05) is 26.0 Å². The van der Waals surface area contributed by atoms with Gasteiger partial charge in [-0.15, -0.1) is 10.2 Å². The van der Waals surface area contributed by atoms with Crippen LogP contribution in [0.4, 0.5) is 5.13 Å². The second-order valence-corrected chi connectivity index (χ2v) is 8.41. The van der Waals surface area contributed by atoms with Gasteiger partial charge in [0.25, 0.3) is 0 Å². The molecular weight excluding hydrogens is 362 g/mol. The summed E-state index contributed by atoms with van der Waals surface area (Å²) in [5.41, 5.74) is 0.903. The molecule has 0 spiro atoms. The maximum absolute atomic E-state index is 12.9. The predicted octanol–water partition coefficient (Wildman–Crippen LogP) is 2.97. The van der Waals surface area contributed by atoms with Crippen LogP contribution in [-0.4, -0.2) is 45.5 Å². The van der Waals surface area contributed by atoms with Gasteiger partial charge in [-0.2, -0.15) is 0 Å². The average molecular weight is 390 g/mol. The zero-order valence-electron chi connectivity index (χ0n) is 16.5. The summed E-state index contributed by atoms with van der Waals surface area (Å²) in [7, 11) is 1.64. The molecule has 0 radical (unpaired) electrons. The van der Waals surface area contributed by atoms with Gasteiger partial charge < -0.3 is 4.90 Å². The van der Waals surface area contributed by atoms with Gasteiger partial charge in [-0.1, -0.05) is 39.0 Å². The van der Waals surface area contributed by atoms with Crippen LogP contribution in [-0.2, 0) is 16.0 Å². The Kier molecular flexibility index (Phi) is 7.41. The summed E-state index contributed by atoms with van der Waals surface area (Å²) >= 11 is 1.37. The van der Waals surface area contributed by atoms with Crippen LogP contribution >= 0.6 is 11.3 Å². The molecule has 7 nitrogen and oxygen atoms in total. The Morgan fingerprint density at radius 1 is 1.15 bits per heavy atom. The first-order chi connectivity index (χ1) is 12.8. The lowest BCUT2D eigenvalue weighted by Gasteiger charge is -2.26. The van der Waals surface area contributed by atoms with Crippen molar-refractivity contribution in [3.05, 3.63) is 35.1 Å². The molecule has 1 N–H and O–H groups in total. The molecule has 0 bridgehead atoms. The number of pyridine rings is 1. The summed E-state index contributed by atoms with van der Waals surface area (Å²) in [6.45, 7) is 8.16. The molecule has 0 saturated carbocycles. The van der Waals surface area contributed by atoms with Crippen molar-refractivity contribution in [2.24, 2.45) is 11.8 Å². The lowest BCUT2D eigenvalue weighted by Crippen LogP contribution is -2.39. The van der Waals surface area contributed by atoms with Gasteiger partial charge >= 0.3 is 0 Å². The Morgan fingerprint density at radius 2 is 1.81 bits per heavy atom. The number of anilines is 1. The van der Waals surface area contributed by atoms with Gasteiger partial charge in [0.15, 0.2) is 0 Å². The van der Waals surface area contributed by atoms with Crippen molar-refractivity contribution in [3.63, 3.8) is 0 Å². The van der Waals surface area contributed by atoms with Gasteiger partial charge in [-0.05, 0) is 29.5 Å². The smallest absolute Gasteiger partial charge is 0.245 e. The van der Waals surface area contributed by atoms with E-state index in [1.165, 1.54) is 16.2 Å². The van der Waals surface area contributed by atoms with E-state index in [-0.39, 0.29) is 30.2 Å². The Bertz CT molecular complexity index is 760. The third-order valence-electron chi connectivity index (χ3n) is 4.05. The third kappa shape index (κ3) is 6.09. The molecule has 1 atom stereocenters. The molecule has 0 aliphatic carbocycles. The Balaban J connectivity index is 1.98. The summed E-state index contributed by atoms with van der Waals surface area (Å²) in [6, 6.07) is 3.68. The summed E-state index contributed by atoms with van der Waals surface area (Å²) < 4.78 is 0. The number of hydrogen-bond donors (Lipinski definition) is 1. The molecule has 0 saturated heterocycles. The second-order valence-electron chi connectivity index (χ2n) is 7.34. The molecule has 0 aromatic carbocycles. The van der Waals surface area contributed by atoms with Crippen LogP contribution < -0.4 is 5.32 Å². The molecule has 0 aliphatic heterocycles. The Hall–Kier alpha value is -2.35. The number of likely N-dealkylation sites (N-methyl/N-ethyl adjacent to an activating group) is 1. The highest BCUT2D eigenvalue weighted by Gasteiger charge is 2.28. The highest BCUT2D eigenvalue weighted by atomic mass is 32.1. The average Bonchev–Trinajstić information content (AvgIpc) is 3.01. The van der Waals surface area contributed by atoms with Crippen LogP contribution in [0.25, 0.3) is 0 Å². The maximum atomic E-state index is 12.9. The lowest BCUT2D eigenvalue weighted by atomic mass is 9.88. The largest absolute Gasteiger partial charge is 0.336 e. The topological polar surface area (TPSA) is 88.1 Å². The van der Waals surface area contributed by atoms with Crippen molar-refractivity contribution in [2.75, 3.05) is 18.9 Å². The van der Waals surface area contributed by atoms with E-state index in [0.29, 0.717) is 11.0 Å². The predicted molar refractivity (Wildman–Crippen MR) is 107 cm³/mol. The van der Waals surface area contributed by atoms with Crippen molar-refractivity contribution in [2.45, 2.75) is 40.0 Å². The number of rotatable bonds is 8. The number of amides is 2. The van der Waals surface area contributed by atoms with E-state index >= 15 is 0 Å². The van der Waals surface area contributed by atoms with Crippen molar-refractivity contribution in [1.29, 1.82) is 0 Å². The van der Waals surface area contributed by atoms with E-state index in [1.54, 1.807) is 19.4 Å². The van der Waals surface area contributed by atoms with Crippen molar-refractivity contribution < 1.29 is 9.59 Å². The normalized spacial score (nSPS) is 12.3. The molecule has 2 aromatic heterocycles. The lowest BCUT2D eigenvalue weighted by molar-refractivity contribution is -0.135. The molecular formula is C19H27N5O2S. The minimum atomic E-state index is -0.315. The molecule has 2 aromatic rings. The fraction of sp³-hybridized carbons (Fsp3) is 0.526. The second kappa shape index (κ2) is 9.55. The number of carbonyl (C=O) groups is 2. The molecule has 27 heavy (non-hydrogen) atoms.